The van der Waals surface area contributed by atoms with Crippen LogP contribution in [0.4, 0.5) is 0 Å². The normalized spacial score (nSPS) is 17.6. The van der Waals surface area contributed by atoms with E-state index in [1.807, 2.05) is 22.9 Å². The first-order valence-electron chi connectivity index (χ1n) is 11.3. The van der Waals surface area contributed by atoms with E-state index in [2.05, 4.69) is 72.2 Å². The molecular formula is C24H28N8. The molecule has 0 radical (unpaired) electrons. The summed E-state index contributed by atoms with van der Waals surface area (Å²) in [5, 5.41) is 24.9. The van der Waals surface area contributed by atoms with E-state index in [0.29, 0.717) is 19.0 Å². The molecule has 5 rings (SSSR count). The summed E-state index contributed by atoms with van der Waals surface area (Å²) in [6.45, 7) is 1.37. The van der Waals surface area contributed by atoms with Crippen LogP contribution < -0.4 is 5.32 Å². The highest BCUT2D eigenvalue weighted by Crippen LogP contribution is 2.37. The van der Waals surface area contributed by atoms with Crippen LogP contribution in [0.2, 0.25) is 0 Å². The number of rotatable bonds is 11. The van der Waals surface area contributed by atoms with Crippen LogP contribution >= 0.6 is 0 Å². The summed E-state index contributed by atoms with van der Waals surface area (Å²) in [5.74, 6) is 3.50. The Morgan fingerprint density at radius 3 is 2.72 bits per heavy atom. The van der Waals surface area contributed by atoms with Gasteiger partial charge in [0.1, 0.15) is 0 Å². The predicted octanol–water partition coefficient (Wildman–Crippen LogP) is 3.89. The molecule has 0 saturated heterocycles. The number of nitrogens with zero attached hydrogens (tertiary/aromatic N) is 7. The van der Waals surface area contributed by atoms with E-state index in [-0.39, 0.29) is 11.7 Å². The van der Waals surface area contributed by atoms with Crippen LogP contribution in [0.5, 0.6) is 0 Å². The Morgan fingerprint density at radius 1 is 1.16 bits per heavy atom. The minimum atomic E-state index is -0.308. The van der Waals surface area contributed by atoms with Gasteiger partial charge in [0.2, 0.25) is 0 Å². The highest BCUT2D eigenvalue weighted by atomic mass is 15.5. The first kappa shape index (κ1) is 20.6. The van der Waals surface area contributed by atoms with Gasteiger partial charge < -0.3 is 9.88 Å². The summed E-state index contributed by atoms with van der Waals surface area (Å²) in [6.07, 6.45) is 16.0. The lowest BCUT2D eigenvalue weighted by Gasteiger charge is -2.27. The fraction of sp³-hybridized carbons (Fsp3) is 0.458. The van der Waals surface area contributed by atoms with Crippen molar-refractivity contribution < 1.29 is 0 Å². The summed E-state index contributed by atoms with van der Waals surface area (Å²) >= 11 is 0. The van der Waals surface area contributed by atoms with Crippen molar-refractivity contribution >= 4 is 0 Å². The number of hydrogen-bond acceptors (Lipinski definition) is 6. The minimum Gasteiger partial charge on any atom is -0.351 e. The smallest absolute Gasteiger partial charge is 0.193 e. The van der Waals surface area contributed by atoms with E-state index in [1.54, 1.807) is 0 Å². The molecule has 8 nitrogen and oxygen atoms in total. The lowest BCUT2D eigenvalue weighted by molar-refractivity contribution is 0.314. The Labute approximate surface area is 188 Å². The van der Waals surface area contributed by atoms with Crippen molar-refractivity contribution in [2.24, 2.45) is 10.2 Å². The molecule has 3 heterocycles. The molecule has 1 N–H and O–H groups in total. The summed E-state index contributed by atoms with van der Waals surface area (Å²) in [4.78, 5) is 0. The van der Waals surface area contributed by atoms with Gasteiger partial charge in [0, 0.05) is 44.2 Å². The zero-order chi connectivity index (χ0) is 21.8. The van der Waals surface area contributed by atoms with Crippen LogP contribution in [0.1, 0.15) is 67.6 Å². The van der Waals surface area contributed by atoms with Crippen LogP contribution in [0.15, 0.2) is 59.0 Å². The Kier molecular flexibility index (Phi) is 5.82. The van der Waals surface area contributed by atoms with Crippen LogP contribution in [-0.4, -0.2) is 37.0 Å². The first-order chi connectivity index (χ1) is 15.8. The molecule has 0 amide bonds. The average molecular weight is 429 g/mol. The number of aromatic nitrogens is 5. The second-order valence-electron chi connectivity index (χ2n) is 8.68. The van der Waals surface area contributed by atoms with E-state index < -0.39 is 0 Å². The molecule has 1 aliphatic carbocycles. The molecule has 1 saturated carbocycles. The largest absolute Gasteiger partial charge is 0.351 e. The SMILES string of the molecule is C#CCCC1(CCNC(c2ccn(C3CCC3)c2)c2nnnn2Cc2ccccc2)N=N1. The van der Waals surface area contributed by atoms with Crippen molar-refractivity contribution in [3.63, 3.8) is 0 Å². The molecule has 8 heteroatoms. The highest BCUT2D eigenvalue weighted by molar-refractivity contribution is 5.24. The zero-order valence-electron chi connectivity index (χ0n) is 18.1. The molecular weight excluding hydrogens is 400 g/mol. The van der Waals surface area contributed by atoms with Gasteiger partial charge in [-0.2, -0.15) is 10.2 Å². The number of benzene rings is 1. The molecule has 32 heavy (non-hydrogen) atoms. The Morgan fingerprint density at radius 2 is 2.00 bits per heavy atom. The van der Waals surface area contributed by atoms with Gasteiger partial charge in [0.05, 0.1) is 12.6 Å². The maximum Gasteiger partial charge on any atom is 0.193 e. The summed E-state index contributed by atoms with van der Waals surface area (Å²) in [6, 6.07) is 12.9. The molecule has 1 atom stereocenters. The van der Waals surface area contributed by atoms with Crippen molar-refractivity contribution in [3.8, 4) is 12.3 Å². The molecule has 1 fully saturated rings. The van der Waals surface area contributed by atoms with Crippen LogP contribution in [0.3, 0.4) is 0 Å². The third-order valence-electron chi connectivity index (χ3n) is 6.49. The monoisotopic (exact) mass is 428 g/mol. The lowest BCUT2D eigenvalue weighted by Crippen LogP contribution is -2.29. The Balaban J connectivity index is 1.35. The minimum absolute atomic E-state index is 0.113. The second-order valence-corrected chi connectivity index (χ2v) is 8.68. The summed E-state index contributed by atoms with van der Waals surface area (Å²) in [5.41, 5.74) is 2.02. The van der Waals surface area contributed by atoms with Gasteiger partial charge in [0.15, 0.2) is 11.5 Å². The molecule has 0 bridgehead atoms. The quantitative estimate of drug-likeness (QED) is 0.470. The molecule has 1 aliphatic heterocycles. The van der Waals surface area contributed by atoms with Gasteiger partial charge in [-0.1, -0.05) is 30.3 Å². The van der Waals surface area contributed by atoms with E-state index >= 15 is 0 Å². The van der Waals surface area contributed by atoms with E-state index in [0.717, 1.165) is 30.8 Å². The van der Waals surface area contributed by atoms with E-state index in [1.165, 1.54) is 24.8 Å². The molecule has 164 valence electrons. The maximum atomic E-state index is 5.43. The molecule has 1 unspecified atom stereocenters. The molecule has 0 spiro atoms. The first-order valence-corrected chi connectivity index (χ1v) is 11.3. The second kappa shape index (κ2) is 9.05. The number of tetrazole rings is 1. The summed E-state index contributed by atoms with van der Waals surface area (Å²) < 4.78 is 4.21. The van der Waals surface area contributed by atoms with Crippen molar-refractivity contribution in [1.82, 2.24) is 30.1 Å². The van der Waals surface area contributed by atoms with Gasteiger partial charge in [-0.15, -0.1) is 17.4 Å². The van der Waals surface area contributed by atoms with Crippen LogP contribution in [-0.2, 0) is 6.54 Å². The Hall–Kier alpha value is -3.31. The fourth-order valence-corrected chi connectivity index (χ4v) is 4.24. The maximum absolute atomic E-state index is 5.43. The van der Waals surface area contributed by atoms with E-state index in [9.17, 15) is 0 Å². The predicted molar refractivity (Wildman–Crippen MR) is 121 cm³/mol. The molecule has 3 aromatic rings. The average Bonchev–Trinajstić information content (AvgIpc) is 3.15. The number of hydrogen-bond donors (Lipinski definition) is 1. The molecule has 2 aliphatic rings. The number of nitrogens with one attached hydrogen (secondary N) is 1. The van der Waals surface area contributed by atoms with E-state index in [4.69, 9.17) is 6.42 Å². The molecule has 1 aromatic carbocycles. The van der Waals surface area contributed by atoms with Gasteiger partial charge in [-0.05, 0) is 46.9 Å². The third kappa shape index (κ3) is 4.48. The fourth-order valence-electron chi connectivity index (χ4n) is 4.24. The number of terminal acetylenes is 1. The van der Waals surface area contributed by atoms with Gasteiger partial charge in [-0.25, -0.2) is 4.68 Å². The van der Waals surface area contributed by atoms with Gasteiger partial charge in [-0.3, -0.25) is 0 Å². The van der Waals surface area contributed by atoms with Crippen LogP contribution in [0.25, 0.3) is 0 Å². The van der Waals surface area contributed by atoms with Crippen molar-refractivity contribution in [2.45, 2.75) is 62.8 Å². The van der Waals surface area contributed by atoms with Gasteiger partial charge >= 0.3 is 0 Å². The standard InChI is InChI=1S/C24H28N8/c1-2-3-13-24(27-28-24)14-15-25-22(20-12-16-31(18-20)21-10-7-11-21)23-26-29-30-32(23)17-19-8-5-4-6-9-19/h1,4-6,8-9,12,16,18,21-22,25H,3,7,10-11,13-15,17H2. The highest BCUT2D eigenvalue weighted by Gasteiger charge is 2.39. The summed E-state index contributed by atoms with van der Waals surface area (Å²) in [7, 11) is 0. The Bertz CT molecular complexity index is 1100. The van der Waals surface area contributed by atoms with Crippen molar-refractivity contribution in [3.05, 3.63) is 65.7 Å². The molecule has 2 aromatic heterocycles. The lowest BCUT2D eigenvalue weighted by atomic mass is 9.93. The van der Waals surface area contributed by atoms with Crippen LogP contribution in [0, 0.1) is 12.3 Å². The zero-order valence-corrected chi connectivity index (χ0v) is 18.1. The third-order valence-corrected chi connectivity index (χ3v) is 6.49. The van der Waals surface area contributed by atoms with Crippen molar-refractivity contribution in [1.29, 1.82) is 0 Å². The van der Waals surface area contributed by atoms with Crippen molar-refractivity contribution in [2.75, 3.05) is 6.54 Å². The topological polar surface area (TPSA) is 85.3 Å². The van der Waals surface area contributed by atoms with Gasteiger partial charge in [0.25, 0.3) is 0 Å².